The highest BCUT2D eigenvalue weighted by atomic mass is 32.2. The van der Waals surface area contributed by atoms with Crippen LogP contribution in [0.2, 0.25) is 0 Å². The topological polar surface area (TPSA) is 121 Å². The largest absolute Gasteiger partial charge is 0.493 e. The maximum absolute atomic E-state index is 14.5. The molecule has 1 aromatic carbocycles. The molecule has 2 atom stereocenters. The van der Waals surface area contributed by atoms with Gasteiger partial charge in [-0.15, -0.1) is 0 Å². The first-order valence-electron chi connectivity index (χ1n) is 12.6. The normalized spacial score (nSPS) is 19.4. The van der Waals surface area contributed by atoms with Gasteiger partial charge in [0.05, 0.1) is 17.9 Å². The van der Waals surface area contributed by atoms with E-state index in [2.05, 4.69) is 4.98 Å². The van der Waals surface area contributed by atoms with E-state index >= 15 is 0 Å². The maximum atomic E-state index is 14.5. The molecule has 5 rings (SSSR count). The van der Waals surface area contributed by atoms with Gasteiger partial charge in [0.25, 0.3) is 21.5 Å². The average molecular weight is 541 g/mol. The SMILES string of the molecule is C[C@@H]1CC[C@H](C)N1c1nc(-c2cc(F)cc(OCC3CC3)c2)ccc1C(=O)NS(=O)(=O)c1ccc[nH]c1=O. The summed E-state index contributed by atoms with van der Waals surface area (Å²) in [6.07, 6.45) is 5.25. The van der Waals surface area contributed by atoms with Gasteiger partial charge in [-0.2, -0.15) is 0 Å². The molecule has 1 saturated heterocycles. The fourth-order valence-corrected chi connectivity index (χ4v) is 5.76. The fourth-order valence-electron chi connectivity index (χ4n) is 4.74. The van der Waals surface area contributed by atoms with Gasteiger partial charge in [-0.05, 0) is 81.8 Å². The highest BCUT2D eigenvalue weighted by Crippen LogP contribution is 2.35. The maximum Gasteiger partial charge on any atom is 0.269 e. The Labute approximate surface area is 220 Å². The van der Waals surface area contributed by atoms with E-state index in [4.69, 9.17) is 9.72 Å². The molecule has 200 valence electrons. The van der Waals surface area contributed by atoms with E-state index < -0.39 is 32.2 Å². The lowest BCUT2D eigenvalue weighted by Gasteiger charge is -2.29. The smallest absolute Gasteiger partial charge is 0.269 e. The lowest BCUT2D eigenvalue weighted by molar-refractivity contribution is 0.0981. The zero-order valence-corrected chi connectivity index (χ0v) is 21.9. The number of carbonyl (C=O) groups excluding carboxylic acids is 1. The summed E-state index contributed by atoms with van der Waals surface area (Å²) in [5.74, 6) is -0.189. The zero-order chi connectivity index (χ0) is 27.0. The van der Waals surface area contributed by atoms with Crippen molar-refractivity contribution in [2.45, 2.75) is 56.5 Å². The number of benzene rings is 1. The van der Waals surface area contributed by atoms with Crippen molar-refractivity contribution in [1.82, 2.24) is 14.7 Å². The molecule has 1 saturated carbocycles. The summed E-state index contributed by atoms with van der Waals surface area (Å²) >= 11 is 0. The Balaban J connectivity index is 1.52. The minimum atomic E-state index is -4.44. The van der Waals surface area contributed by atoms with Gasteiger partial charge in [-0.1, -0.05) is 0 Å². The Kier molecular flexibility index (Phi) is 6.95. The molecule has 0 radical (unpaired) electrons. The molecule has 2 fully saturated rings. The second-order valence-corrected chi connectivity index (χ2v) is 11.6. The molecule has 38 heavy (non-hydrogen) atoms. The van der Waals surface area contributed by atoms with Crippen LogP contribution >= 0.6 is 0 Å². The van der Waals surface area contributed by atoms with E-state index in [0.717, 1.165) is 31.7 Å². The predicted molar refractivity (Wildman–Crippen MR) is 140 cm³/mol. The molecular formula is C27H29FN4O5S. The zero-order valence-electron chi connectivity index (χ0n) is 21.1. The van der Waals surface area contributed by atoms with E-state index in [0.29, 0.717) is 35.3 Å². The Hall–Kier alpha value is -3.73. The quantitative estimate of drug-likeness (QED) is 0.445. The summed E-state index contributed by atoms with van der Waals surface area (Å²) in [4.78, 5) is 33.8. The van der Waals surface area contributed by atoms with E-state index in [1.54, 1.807) is 12.1 Å². The molecule has 3 aromatic rings. The minimum absolute atomic E-state index is 0.0342. The van der Waals surface area contributed by atoms with E-state index in [9.17, 15) is 22.4 Å². The number of anilines is 1. The predicted octanol–water partition coefficient (Wildman–Crippen LogP) is 3.86. The van der Waals surface area contributed by atoms with Crippen molar-refractivity contribution in [2.24, 2.45) is 5.92 Å². The van der Waals surface area contributed by atoms with Crippen LogP contribution in [0.4, 0.5) is 10.2 Å². The standard InChI is InChI=1S/C27H29FN4O5S/c1-16-5-6-17(2)32(16)25-22(26(33)31-38(35,36)24-4-3-11-29-27(24)34)9-10-23(30-25)19-12-20(28)14-21(13-19)37-15-18-7-8-18/h3-4,9-14,16-18H,5-8,15H2,1-2H3,(H,29,34)(H,31,33)/t16-,17+. The number of carbonyl (C=O) groups is 1. The van der Waals surface area contributed by atoms with Crippen LogP contribution in [-0.2, 0) is 10.0 Å². The molecule has 2 aliphatic rings. The lowest BCUT2D eigenvalue weighted by atomic mass is 10.1. The minimum Gasteiger partial charge on any atom is -0.493 e. The molecule has 2 N–H and O–H groups in total. The number of pyridine rings is 2. The fraction of sp³-hybridized carbons (Fsp3) is 0.370. The molecule has 1 aliphatic carbocycles. The second kappa shape index (κ2) is 10.2. The van der Waals surface area contributed by atoms with Crippen LogP contribution in [0.3, 0.4) is 0 Å². The number of nitrogens with zero attached hydrogens (tertiary/aromatic N) is 2. The molecule has 0 unspecified atom stereocenters. The van der Waals surface area contributed by atoms with E-state index in [-0.39, 0.29) is 17.6 Å². The number of nitrogens with one attached hydrogen (secondary N) is 2. The molecular weight excluding hydrogens is 511 g/mol. The Morgan fingerprint density at radius 1 is 1.13 bits per heavy atom. The highest BCUT2D eigenvalue weighted by Gasteiger charge is 2.33. The summed E-state index contributed by atoms with van der Waals surface area (Å²) in [5, 5.41) is 0. The number of aromatic nitrogens is 2. The molecule has 0 bridgehead atoms. The van der Waals surface area contributed by atoms with Crippen LogP contribution in [0.15, 0.2) is 58.4 Å². The van der Waals surface area contributed by atoms with E-state index in [1.807, 2.05) is 23.5 Å². The van der Waals surface area contributed by atoms with Crippen molar-refractivity contribution >= 4 is 21.7 Å². The number of rotatable bonds is 8. The van der Waals surface area contributed by atoms with Gasteiger partial charge >= 0.3 is 0 Å². The van der Waals surface area contributed by atoms with Crippen molar-refractivity contribution in [1.29, 1.82) is 0 Å². The molecule has 9 nitrogen and oxygen atoms in total. The lowest BCUT2D eigenvalue weighted by Crippen LogP contribution is -2.38. The third-order valence-corrected chi connectivity index (χ3v) is 8.32. The Morgan fingerprint density at radius 3 is 2.55 bits per heavy atom. The Morgan fingerprint density at radius 2 is 1.87 bits per heavy atom. The van der Waals surface area contributed by atoms with Gasteiger partial charge in [0.1, 0.15) is 17.4 Å². The first-order valence-corrected chi connectivity index (χ1v) is 14.1. The van der Waals surface area contributed by atoms with Gasteiger partial charge in [0.15, 0.2) is 4.90 Å². The first kappa shape index (κ1) is 25.9. The number of halogens is 1. The van der Waals surface area contributed by atoms with Crippen LogP contribution in [-0.4, -0.2) is 43.0 Å². The van der Waals surface area contributed by atoms with Crippen molar-refractivity contribution in [3.63, 3.8) is 0 Å². The summed E-state index contributed by atoms with van der Waals surface area (Å²) in [6.45, 7) is 4.54. The molecule has 1 amide bonds. The average Bonchev–Trinajstić information content (AvgIpc) is 3.64. The van der Waals surface area contributed by atoms with E-state index in [1.165, 1.54) is 30.5 Å². The number of hydrogen-bond acceptors (Lipinski definition) is 7. The van der Waals surface area contributed by atoms with Crippen LogP contribution < -0.4 is 19.9 Å². The van der Waals surface area contributed by atoms with Gasteiger partial charge in [0.2, 0.25) is 0 Å². The summed E-state index contributed by atoms with van der Waals surface area (Å²) in [5.41, 5.74) is 0.0916. The number of amides is 1. The van der Waals surface area contributed by atoms with Crippen LogP contribution in [0, 0.1) is 11.7 Å². The number of aromatic amines is 1. The number of ether oxygens (including phenoxy) is 1. The van der Waals surface area contributed by atoms with Crippen LogP contribution in [0.5, 0.6) is 5.75 Å². The summed E-state index contributed by atoms with van der Waals surface area (Å²) in [7, 11) is -4.44. The number of hydrogen-bond donors (Lipinski definition) is 2. The van der Waals surface area contributed by atoms with Gasteiger partial charge in [-0.25, -0.2) is 22.5 Å². The third-order valence-electron chi connectivity index (χ3n) is 6.96. The monoisotopic (exact) mass is 540 g/mol. The molecule has 2 aromatic heterocycles. The van der Waals surface area contributed by atoms with Crippen molar-refractivity contribution < 1.29 is 22.3 Å². The molecule has 3 heterocycles. The van der Waals surface area contributed by atoms with Crippen LogP contribution in [0.25, 0.3) is 11.3 Å². The van der Waals surface area contributed by atoms with Gasteiger partial charge in [0, 0.05) is 29.9 Å². The third kappa shape index (κ3) is 5.42. The van der Waals surface area contributed by atoms with Gasteiger partial charge in [-0.3, -0.25) is 9.59 Å². The van der Waals surface area contributed by atoms with Crippen molar-refractivity contribution in [3.8, 4) is 17.0 Å². The van der Waals surface area contributed by atoms with Crippen molar-refractivity contribution in [2.75, 3.05) is 11.5 Å². The van der Waals surface area contributed by atoms with Crippen molar-refractivity contribution in [3.05, 3.63) is 70.4 Å². The molecule has 1 aliphatic heterocycles. The Bertz CT molecular complexity index is 1530. The molecule has 11 heteroatoms. The first-order chi connectivity index (χ1) is 18.1. The number of H-pyrrole nitrogens is 1. The molecule has 0 spiro atoms. The second-order valence-electron chi connectivity index (χ2n) is 9.98. The van der Waals surface area contributed by atoms with Crippen LogP contribution in [0.1, 0.15) is 49.9 Å². The number of sulfonamides is 1. The van der Waals surface area contributed by atoms with Gasteiger partial charge < -0.3 is 14.6 Å². The summed E-state index contributed by atoms with van der Waals surface area (Å²) < 4.78 is 47.9. The highest BCUT2D eigenvalue weighted by molar-refractivity contribution is 7.90. The summed E-state index contributed by atoms with van der Waals surface area (Å²) in [6, 6.07) is 9.96.